The predicted octanol–water partition coefficient (Wildman–Crippen LogP) is 2.30. The molecule has 1 amide bonds. The van der Waals surface area contributed by atoms with Crippen LogP contribution in [0.25, 0.3) is 10.2 Å². The molecule has 1 unspecified atom stereocenters. The first kappa shape index (κ1) is 14.4. The van der Waals surface area contributed by atoms with E-state index in [4.69, 9.17) is 0 Å². The highest BCUT2D eigenvalue weighted by molar-refractivity contribution is 7.20. The van der Waals surface area contributed by atoms with Crippen molar-refractivity contribution in [2.75, 3.05) is 13.1 Å². The summed E-state index contributed by atoms with van der Waals surface area (Å²) >= 11 is 1.44. The number of thiophene rings is 1. The summed E-state index contributed by atoms with van der Waals surface area (Å²) in [6, 6.07) is 2.16. The summed E-state index contributed by atoms with van der Waals surface area (Å²) in [5.74, 6) is 0.324. The van der Waals surface area contributed by atoms with Gasteiger partial charge in [0, 0.05) is 18.0 Å². The van der Waals surface area contributed by atoms with Crippen molar-refractivity contribution in [1.29, 1.82) is 0 Å². The van der Waals surface area contributed by atoms with Gasteiger partial charge in [-0.3, -0.25) is 4.79 Å². The first-order valence-corrected chi connectivity index (χ1v) is 8.23. The minimum Gasteiger partial charge on any atom is -0.347 e. The van der Waals surface area contributed by atoms with E-state index in [1.807, 2.05) is 6.07 Å². The van der Waals surface area contributed by atoms with E-state index >= 15 is 0 Å². The number of nitrogens with one attached hydrogen (secondary N) is 2. The van der Waals surface area contributed by atoms with Crippen LogP contribution in [-0.2, 0) is 0 Å². The van der Waals surface area contributed by atoms with Gasteiger partial charge in [-0.05, 0) is 31.4 Å². The van der Waals surface area contributed by atoms with Gasteiger partial charge in [0.05, 0.1) is 10.6 Å². The standard InChI is InChI=1S/C15H20N4OS/c1-9(2)13-11-6-12(21-15(11)18-8-17-13)14(20)19-10-4-3-5-16-7-10/h6,8-10,16H,3-5,7H2,1-2H3,(H,19,20). The third-order valence-electron chi connectivity index (χ3n) is 3.76. The van der Waals surface area contributed by atoms with E-state index in [0.717, 1.165) is 46.7 Å². The van der Waals surface area contributed by atoms with Crippen molar-refractivity contribution in [3.8, 4) is 0 Å². The molecule has 0 aliphatic carbocycles. The van der Waals surface area contributed by atoms with Crippen molar-refractivity contribution in [3.05, 3.63) is 23.0 Å². The summed E-state index contributed by atoms with van der Waals surface area (Å²) < 4.78 is 0. The van der Waals surface area contributed by atoms with Crippen molar-refractivity contribution in [3.63, 3.8) is 0 Å². The van der Waals surface area contributed by atoms with Gasteiger partial charge in [0.2, 0.25) is 0 Å². The Morgan fingerprint density at radius 3 is 3.05 bits per heavy atom. The van der Waals surface area contributed by atoms with E-state index in [-0.39, 0.29) is 11.9 Å². The van der Waals surface area contributed by atoms with E-state index in [9.17, 15) is 4.79 Å². The fraction of sp³-hybridized carbons (Fsp3) is 0.533. The second-order valence-corrected chi connectivity index (χ2v) is 6.79. The molecule has 0 spiro atoms. The van der Waals surface area contributed by atoms with Gasteiger partial charge in [-0.2, -0.15) is 0 Å². The third-order valence-corrected chi connectivity index (χ3v) is 4.80. The molecule has 1 atom stereocenters. The van der Waals surface area contributed by atoms with Crippen LogP contribution in [-0.4, -0.2) is 35.0 Å². The number of rotatable bonds is 3. The smallest absolute Gasteiger partial charge is 0.261 e. The molecule has 0 saturated carbocycles. The van der Waals surface area contributed by atoms with Crippen molar-refractivity contribution in [2.24, 2.45) is 0 Å². The normalized spacial score (nSPS) is 19.1. The molecule has 2 aromatic rings. The van der Waals surface area contributed by atoms with Crippen LogP contribution in [0, 0.1) is 0 Å². The lowest BCUT2D eigenvalue weighted by molar-refractivity contribution is 0.0935. The molecule has 1 aliphatic heterocycles. The maximum atomic E-state index is 12.4. The lowest BCUT2D eigenvalue weighted by Crippen LogP contribution is -2.45. The minimum atomic E-state index is 0.00130. The highest BCUT2D eigenvalue weighted by Crippen LogP contribution is 2.29. The lowest BCUT2D eigenvalue weighted by Gasteiger charge is -2.23. The summed E-state index contributed by atoms with van der Waals surface area (Å²) in [7, 11) is 0. The van der Waals surface area contributed by atoms with Gasteiger partial charge in [0.15, 0.2) is 0 Å². The summed E-state index contributed by atoms with van der Waals surface area (Å²) in [5, 5.41) is 7.42. The van der Waals surface area contributed by atoms with Gasteiger partial charge in [0.25, 0.3) is 5.91 Å². The van der Waals surface area contributed by atoms with Crippen molar-refractivity contribution < 1.29 is 4.79 Å². The van der Waals surface area contributed by atoms with Crippen LogP contribution in [0.5, 0.6) is 0 Å². The Bertz CT molecular complexity index is 646. The zero-order valence-corrected chi connectivity index (χ0v) is 13.2. The molecule has 2 aromatic heterocycles. The molecule has 21 heavy (non-hydrogen) atoms. The molecule has 5 nitrogen and oxygen atoms in total. The van der Waals surface area contributed by atoms with E-state index in [2.05, 4.69) is 34.4 Å². The first-order chi connectivity index (χ1) is 10.1. The lowest BCUT2D eigenvalue weighted by atomic mass is 10.1. The van der Waals surface area contributed by atoms with E-state index in [1.54, 1.807) is 6.33 Å². The SMILES string of the molecule is CC(C)c1ncnc2sc(C(=O)NC3CCCNC3)cc12. The molecule has 2 N–H and O–H groups in total. The van der Waals surface area contributed by atoms with Crippen molar-refractivity contribution in [2.45, 2.75) is 38.6 Å². The van der Waals surface area contributed by atoms with E-state index in [1.165, 1.54) is 11.3 Å². The first-order valence-electron chi connectivity index (χ1n) is 7.41. The fourth-order valence-corrected chi connectivity index (χ4v) is 3.59. The molecule has 3 heterocycles. The number of piperidine rings is 1. The van der Waals surface area contributed by atoms with Crippen LogP contribution in [0.4, 0.5) is 0 Å². The van der Waals surface area contributed by atoms with Gasteiger partial charge in [0.1, 0.15) is 11.2 Å². The maximum absolute atomic E-state index is 12.4. The van der Waals surface area contributed by atoms with Gasteiger partial charge in [-0.25, -0.2) is 9.97 Å². The fourth-order valence-electron chi connectivity index (χ4n) is 2.68. The molecule has 1 aliphatic rings. The van der Waals surface area contributed by atoms with Crippen LogP contribution in [0.1, 0.15) is 48.0 Å². The van der Waals surface area contributed by atoms with Crippen LogP contribution in [0.2, 0.25) is 0 Å². The van der Waals surface area contributed by atoms with E-state index < -0.39 is 0 Å². The van der Waals surface area contributed by atoms with Crippen molar-refractivity contribution in [1.82, 2.24) is 20.6 Å². The van der Waals surface area contributed by atoms with Crippen molar-refractivity contribution >= 4 is 27.5 Å². The Morgan fingerprint density at radius 1 is 1.48 bits per heavy atom. The van der Waals surface area contributed by atoms with Crippen LogP contribution < -0.4 is 10.6 Å². The Morgan fingerprint density at radius 2 is 2.33 bits per heavy atom. The average Bonchev–Trinajstić information content (AvgIpc) is 2.92. The molecular formula is C15H20N4OS. The zero-order valence-electron chi connectivity index (χ0n) is 12.3. The summed E-state index contributed by atoms with van der Waals surface area (Å²) in [4.78, 5) is 22.6. The van der Waals surface area contributed by atoms with Gasteiger partial charge in [-0.1, -0.05) is 13.8 Å². The third kappa shape index (κ3) is 3.06. The molecule has 0 aromatic carbocycles. The number of carbonyl (C=O) groups is 1. The van der Waals surface area contributed by atoms with Gasteiger partial charge in [-0.15, -0.1) is 11.3 Å². The second-order valence-electron chi connectivity index (χ2n) is 5.76. The molecule has 0 bridgehead atoms. The number of carbonyl (C=O) groups excluding carboxylic acids is 1. The molecule has 3 rings (SSSR count). The molecule has 1 fully saturated rings. The topological polar surface area (TPSA) is 66.9 Å². The quantitative estimate of drug-likeness (QED) is 0.913. The average molecular weight is 304 g/mol. The highest BCUT2D eigenvalue weighted by Gasteiger charge is 2.19. The molecule has 0 radical (unpaired) electrons. The highest BCUT2D eigenvalue weighted by atomic mass is 32.1. The molecule has 6 heteroatoms. The summed E-state index contributed by atoms with van der Waals surface area (Å²) in [6.07, 6.45) is 3.74. The molecular weight excluding hydrogens is 284 g/mol. The van der Waals surface area contributed by atoms with Gasteiger partial charge < -0.3 is 10.6 Å². The number of hydrogen-bond donors (Lipinski definition) is 2. The molecule has 112 valence electrons. The molecule has 1 saturated heterocycles. The Labute approximate surface area is 128 Å². The monoisotopic (exact) mass is 304 g/mol. The maximum Gasteiger partial charge on any atom is 0.261 e. The zero-order chi connectivity index (χ0) is 14.8. The summed E-state index contributed by atoms with van der Waals surface area (Å²) in [5.41, 5.74) is 1.01. The number of amides is 1. The number of aromatic nitrogens is 2. The number of hydrogen-bond acceptors (Lipinski definition) is 5. The van der Waals surface area contributed by atoms with Gasteiger partial charge >= 0.3 is 0 Å². The van der Waals surface area contributed by atoms with E-state index in [0.29, 0.717) is 5.92 Å². The number of nitrogens with zero attached hydrogens (tertiary/aromatic N) is 2. The summed E-state index contributed by atoms with van der Waals surface area (Å²) in [6.45, 7) is 6.11. The Kier molecular flexibility index (Phi) is 4.17. The van der Waals surface area contributed by atoms with Crippen LogP contribution in [0.3, 0.4) is 0 Å². The Hall–Kier alpha value is -1.53. The predicted molar refractivity (Wildman–Crippen MR) is 84.9 cm³/mol. The number of fused-ring (bicyclic) bond motifs is 1. The largest absolute Gasteiger partial charge is 0.347 e. The minimum absolute atomic E-state index is 0.00130. The second kappa shape index (κ2) is 6.07. The van der Waals surface area contributed by atoms with Crippen LogP contribution in [0.15, 0.2) is 12.4 Å². The van der Waals surface area contributed by atoms with Crippen LogP contribution >= 0.6 is 11.3 Å². The Balaban J connectivity index is 1.83.